The molecule has 0 radical (unpaired) electrons. The van der Waals surface area contributed by atoms with Crippen LogP contribution in [0, 0.1) is 0 Å². The Kier molecular flexibility index (Phi) is 3.91. The maximum absolute atomic E-state index is 11.3. The molecule has 8 heteroatoms. The quantitative estimate of drug-likeness (QED) is 0.823. The third-order valence-electron chi connectivity index (χ3n) is 2.51. The fourth-order valence-corrected chi connectivity index (χ4v) is 2.20. The van der Waals surface area contributed by atoms with Gasteiger partial charge in [-0.15, -0.1) is 10.2 Å². The maximum Gasteiger partial charge on any atom is 0.188 e. The molecule has 0 aliphatic heterocycles. The van der Waals surface area contributed by atoms with Crippen molar-refractivity contribution >= 4 is 9.84 Å². The fourth-order valence-electron chi connectivity index (χ4n) is 1.57. The van der Waals surface area contributed by atoms with Crippen LogP contribution in [-0.2, 0) is 30.0 Å². The summed E-state index contributed by atoms with van der Waals surface area (Å²) in [7, 11) is -1.42. The van der Waals surface area contributed by atoms with Crippen molar-refractivity contribution in [3.63, 3.8) is 0 Å². The number of aryl methyl sites for hydroxylation is 1. The van der Waals surface area contributed by atoms with Crippen LogP contribution in [0.25, 0.3) is 0 Å². The second-order valence-corrected chi connectivity index (χ2v) is 6.23. The van der Waals surface area contributed by atoms with Gasteiger partial charge < -0.3 is 5.32 Å². The standard InChI is InChI=1S/C11H15N5O2S/c1-16-14-11(13-15-16)8-12-7-9-3-5-10(6-4-9)19(2,17)18/h3-6,12H,7-8H2,1-2H3. The first-order valence-corrected chi connectivity index (χ1v) is 7.57. The van der Waals surface area contributed by atoms with E-state index in [4.69, 9.17) is 0 Å². The highest BCUT2D eigenvalue weighted by molar-refractivity contribution is 7.90. The number of hydrogen-bond acceptors (Lipinski definition) is 6. The van der Waals surface area contributed by atoms with Crippen molar-refractivity contribution in [3.8, 4) is 0 Å². The molecule has 19 heavy (non-hydrogen) atoms. The first-order valence-electron chi connectivity index (χ1n) is 5.68. The highest BCUT2D eigenvalue weighted by Crippen LogP contribution is 2.10. The molecular formula is C11H15N5O2S. The molecule has 0 bridgehead atoms. The Bertz CT molecular complexity index is 648. The van der Waals surface area contributed by atoms with Crippen LogP contribution >= 0.6 is 0 Å². The van der Waals surface area contributed by atoms with E-state index in [-0.39, 0.29) is 0 Å². The van der Waals surface area contributed by atoms with E-state index in [1.807, 2.05) is 0 Å². The summed E-state index contributed by atoms with van der Waals surface area (Å²) in [6.07, 6.45) is 1.19. The van der Waals surface area contributed by atoms with Crippen LogP contribution in [0.1, 0.15) is 11.4 Å². The van der Waals surface area contributed by atoms with E-state index in [2.05, 4.69) is 20.7 Å². The van der Waals surface area contributed by atoms with Crippen LogP contribution in [0.3, 0.4) is 0 Å². The topological polar surface area (TPSA) is 89.8 Å². The van der Waals surface area contributed by atoms with E-state index in [0.717, 1.165) is 5.56 Å². The number of hydrogen-bond donors (Lipinski definition) is 1. The van der Waals surface area contributed by atoms with Gasteiger partial charge >= 0.3 is 0 Å². The van der Waals surface area contributed by atoms with E-state index in [1.165, 1.54) is 11.1 Å². The Morgan fingerprint density at radius 1 is 1.21 bits per heavy atom. The lowest BCUT2D eigenvalue weighted by Gasteiger charge is -2.03. The Morgan fingerprint density at radius 3 is 2.42 bits per heavy atom. The largest absolute Gasteiger partial charge is 0.306 e. The van der Waals surface area contributed by atoms with Gasteiger partial charge in [-0.25, -0.2) is 8.42 Å². The Morgan fingerprint density at radius 2 is 1.89 bits per heavy atom. The number of benzene rings is 1. The van der Waals surface area contributed by atoms with Gasteiger partial charge in [-0.1, -0.05) is 12.1 Å². The number of sulfone groups is 1. The van der Waals surface area contributed by atoms with Gasteiger partial charge in [0, 0.05) is 12.8 Å². The van der Waals surface area contributed by atoms with Crippen LogP contribution in [0.15, 0.2) is 29.2 Å². The van der Waals surface area contributed by atoms with Crippen LogP contribution in [0.5, 0.6) is 0 Å². The average molecular weight is 281 g/mol. The van der Waals surface area contributed by atoms with E-state index >= 15 is 0 Å². The smallest absolute Gasteiger partial charge is 0.188 e. The van der Waals surface area contributed by atoms with E-state index in [9.17, 15) is 8.42 Å². The fraction of sp³-hybridized carbons (Fsp3) is 0.364. The lowest BCUT2D eigenvalue weighted by Crippen LogP contribution is -2.14. The number of tetrazole rings is 1. The van der Waals surface area contributed by atoms with Crippen LogP contribution < -0.4 is 5.32 Å². The molecule has 1 heterocycles. The SMILES string of the molecule is Cn1nnc(CNCc2ccc(S(C)(=O)=O)cc2)n1. The molecule has 0 amide bonds. The summed E-state index contributed by atoms with van der Waals surface area (Å²) >= 11 is 0. The van der Waals surface area contributed by atoms with Crippen molar-refractivity contribution in [2.75, 3.05) is 6.26 Å². The Hall–Kier alpha value is -1.80. The van der Waals surface area contributed by atoms with Crippen LogP contribution in [0.2, 0.25) is 0 Å². The highest BCUT2D eigenvalue weighted by atomic mass is 32.2. The minimum atomic E-state index is -3.13. The molecule has 0 unspecified atom stereocenters. The predicted octanol–water partition coefficient (Wildman–Crippen LogP) is -0.0966. The van der Waals surface area contributed by atoms with Crippen LogP contribution in [0.4, 0.5) is 0 Å². The lowest BCUT2D eigenvalue weighted by molar-refractivity contribution is 0.601. The van der Waals surface area contributed by atoms with Gasteiger partial charge in [0.25, 0.3) is 0 Å². The molecule has 0 saturated carbocycles. The molecule has 0 saturated heterocycles. The zero-order valence-electron chi connectivity index (χ0n) is 10.7. The van der Waals surface area contributed by atoms with E-state index in [1.54, 1.807) is 31.3 Å². The second kappa shape index (κ2) is 5.45. The molecule has 2 rings (SSSR count). The average Bonchev–Trinajstić information content (AvgIpc) is 2.75. The van der Waals surface area contributed by atoms with Gasteiger partial charge in [-0.2, -0.15) is 4.80 Å². The number of nitrogens with one attached hydrogen (secondary N) is 1. The molecule has 0 spiro atoms. The van der Waals surface area contributed by atoms with Crippen molar-refractivity contribution < 1.29 is 8.42 Å². The third kappa shape index (κ3) is 3.83. The molecule has 0 aliphatic carbocycles. The predicted molar refractivity (Wildman–Crippen MR) is 68.9 cm³/mol. The van der Waals surface area contributed by atoms with Gasteiger partial charge in [-0.3, -0.25) is 0 Å². The molecule has 1 aromatic heterocycles. The number of rotatable bonds is 5. The Labute approximate surface area is 111 Å². The van der Waals surface area contributed by atoms with Crippen molar-refractivity contribution in [1.82, 2.24) is 25.5 Å². The van der Waals surface area contributed by atoms with Gasteiger partial charge in [0.05, 0.1) is 18.5 Å². The minimum absolute atomic E-state index is 0.326. The summed E-state index contributed by atoms with van der Waals surface area (Å²) in [6, 6.07) is 6.78. The zero-order chi connectivity index (χ0) is 13.9. The first kappa shape index (κ1) is 13.6. The number of aromatic nitrogens is 4. The molecule has 2 aromatic rings. The molecular weight excluding hydrogens is 266 g/mol. The van der Waals surface area contributed by atoms with Crippen molar-refractivity contribution in [2.45, 2.75) is 18.0 Å². The van der Waals surface area contributed by atoms with Crippen LogP contribution in [-0.4, -0.2) is 34.9 Å². The zero-order valence-corrected chi connectivity index (χ0v) is 11.6. The molecule has 0 atom stereocenters. The molecule has 0 aliphatic rings. The summed E-state index contributed by atoms with van der Waals surface area (Å²) in [5, 5.41) is 14.8. The monoisotopic (exact) mass is 281 g/mol. The third-order valence-corrected chi connectivity index (χ3v) is 3.64. The molecule has 1 aromatic carbocycles. The normalized spacial score (nSPS) is 11.7. The molecule has 7 nitrogen and oxygen atoms in total. The van der Waals surface area contributed by atoms with E-state index in [0.29, 0.717) is 23.8 Å². The summed E-state index contributed by atoms with van der Waals surface area (Å²) in [6.45, 7) is 1.13. The van der Waals surface area contributed by atoms with Crippen molar-refractivity contribution in [2.24, 2.45) is 7.05 Å². The van der Waals surface area contributed by atoms with Crippen molar-refractivity contribution in [1.29, 1.82) is 0 Å². The first-order chi connectivity index (χ1) is 8.95. The minimum Gasteiger partial charge on any atom is -0.306 e. The maximum atomic E-state index is 11.3. The van der Waals surface area contributed by atoms with Gasteiger partial charge in [0.1, 0.15) is 0 Å². The van der Waals surface area contributed by atoms with Crippen molar-refractivity contribution in [3.05, 3.63) is 35.7 Å². The van der Waals surface area contributed by atoms with E-state index < -0.39 is 9.84 Å². The summed E-state index contributed by atoms with van der Waals surface area (Å²) in [5.74, 6) is 0.621. The van der Waals surface area contributed by atoms with Gasteiger partial charge in [-0.05, 0) is 22.9 Å². The molecule has 102 valence electrons. The lowest BCUT2D eigenvalue weighted by atomic mass is 10.2. The summed E-state index contributed by atoms with van der Waals surface area (Å²) in [5.41, 5.74) is 0.997. The van der Waals surface area contributed by atoms with Gasteiger partial charge in [0.2, 0.25) is 0 Å². The highest BCUT2D eigenvalue weighted by Gasteiger charge is 2.06. The van der Waals surface area contributed by atoms with Gasteiger partial charge in [0.15, 0.2) is 15.7 Å². The Balaban J connectivity index is 1.90. The number of nitrogens with zero attached hydrogens (tertiary/aromatic N) is 4. The summed E-state index contributed by atoms with van der Waals surface area (Å²) < 4.78 is 22.6. The molecule has 0 fully saturated rings. The second-order valence-electron chi connectivity index (χ2n) is 4.21. The summed E-state index contributed by atoms with van der Waals surface area (Å²) in [4.78, 5) is 1.73. The molecule has 1 N–H and O–H groups in total.